The number of rotatable bonds is 6. The Labute approximate surface area is 161 Å². The molecule has 0 aromatic carbocycles. The molecule has 2 aliphatic rings. The van der Waals surface area contributed by atoms with E-state index in [-0.39, 0.29) is 29.5 Å². The number of carbonyl (C=O) groups is 1. The maximum atomic E-state index is 12.8. The second kappa shape index (κ2) is 8.40. The normalized spacial score (nSPS) is 26.1. The number of amides is 1. The van der Waals surface area contributed by atoms with Crippen LogP contribution in [0, 0.1) is 0 Å². The van der Waals surface area contributed by atoms with Gasteiger partial charge in [0.25, 0.3) is 5.91 Å². The number of nitrogens with zero attached hydrogens (tertiary/aromatic N) is 1. The Morgan fingerprint density at radius 3 is 2.62 bits per heavy atom. The first-order valence-electron chi connectivity index (χ1n) is 9.80. The van der Waals surface area contributed by atoms with Crippen LogP contribution in [-0.4, -0.2) is 55.9 Å². The molecule has 2 unspecified atom stereocenters. The quantitative estimate of drug-likeness (QED) is 0.800. The van der Waals surface area contributed by atoms with Crippen LogP contribution in [0.25, 0.3) is 0 Å². The summed E-state index contributed by atoms with van der Waals surface area (Å²) in [6.45, 7) is 6.13. The Balaban J connectivity index is 1.74. The molecule has 0 spiro atoms. The molecule has 2 aliphatic heterocycles. The second-order valence-corrected chi connectivity index (χ2v) is 10.8. The maximum absolute atomic E-state index is 12.8. The van der Waals surface area contributed by atoms with Gasteiger partial charge in [-0.3, -0.25) is 9.69 Å². The fourth-order valence-electron chi connectivity index (χ4n) is 4.13. The van der Waals surface area contributed by atoms with Gasteiger partial charge in [0.05, 0.1) is 22.4 Å². The molecule has 26 heavy (non-hydrogen) atoms. The molecule has 5 nitrogen and oxygen atoms in total. The van der Waals surface area contributed by atoms with E-state index in [1.807, 2.05) is 6.07 Å². The van der Waals surface area contributed by atoms with Gasteiger partial charge in [-0.1, -0.05) is 26.7 Å². The van der Waals surface area contributed by atoms with Gasteiger partial charge < -0.3 is 5.32 Å². The molecule has 7 heteroatoms. The lowest BCUT2D eigenvalue weighted by atomic mass is 10.0. The molecule has 1 amide bonds. The summed E-state index contributed by atoms with van der Waals surface area (Å²) in [5, 5.41) is 3.06. The number of sulfone groups is 1. The smallest absolute Gasteiger partial charge is 0.261 e. The number of nitrogens with one attached hydrogen (secondary N) is 1. The second-order valence-electron chi connectivity index (χ2n) is 7.48. The van der Waals surface area contributed by atoms with Crippen molar-refractivity contribution in [2.45, 2.75) is 64.5 Å². The molecule has 2 saturated heterocycles. The monoisotopic (exact) mass is 398 g/mol. The molecule has 146 valence electrons. The van der Waals surface area contributed by atoms with E-state index in [9.17, 15) is 13.2 Å². The van der Waals surface area contributed by atoms with Crippen molar-refractivity contribution in [3.63, 3.8) is 0 Å². The Kier molecular flexibility index (Phi) is 6.41. The van der Waals surface area contributed by atoms with Gasteiger partial charge in [0, 0.05) is 10.9 Å². The molecule has 0 saturated carbocycles. The molecule has 2 atom stereocenters. The number of thiophene rings is 1. The average molecular weight is 399 g/mol. The van der Waals surface area contributed by atoms with Crippen LogP contribution in [0.3, 0.4) is 0 Å². The number of piperidine rings is 1. The molecule has 1 N–H and O–H groups in total. The molecule has 3 rings (SSSR count). The van der Waals surface area contributed by atoms with Crippen molar-refractivity contribution in [2.75, 3.05) is 24.6 Å². The van der Waals surface area contributed by atoms with E-state index in [2.05, 4.69) is 24.1 Å². The minimum atomic E-state index is -3.09. The number of aryl methyl sites for hydroxylation is 2. The number of hydrogen-bond donors (Lipinski definition) is 1. The van der Waals surface area contributed by atoms with Crippen LogP contribution in [0.4, 0.5) is 0 Å². The predicted molar refractivity (Wildman–Crippen MR) is 107 cm³/mol. The third kappa shape index (κ3) is 4.49. The van der Waals surface area contributed by atoms with Gasteiger partial charge >= 0.3 is 0 Å². The van der Waals surface area contributed by atoms with Gasteiger partial charge in [0.2, 0.25) is 0 Å². The molecule has 0 radical (unpaired) electrons. The first kappa shape index (κ1) is 19.8. The van der Waals surface area contributed by atoms with E-state index in [4.69, 9.17) is 0 Å². The summed E-state index contributed by atoms with van der Waals surface area (Å²) in [6, 6.07) is 1.61. The highest BCUT2D eigenvalue weighted by Gasteiger charge is 2.42. The lowest BCUT2D eigenvalue weighted by Crippen LogP contribution is -2.52. The SMILES string of the molecule is CCCc1sc(C(=O)NC2CS(=O)(=O)CC2N2CCCCC2)cc1CC. The van der Waals surface area contributed by atoms with Crippen molar-refractivity contribution in [1.29, 1.82) is 0 Å². The average Bonchev–Trinajstić information content (AvgIpc) is 3.16. The fourth-order valence-corrected chi connectivity index (χ4v) is 7.34. The van der Waals surface area contributed by atoms with Crippen LogP contribution in [0.15, 0.2) is 6.07 Å². The number of likely N-dealkylation sites (tertiary alicyclic amines) is 1. The highest BCUT2D eigenvalue weighted by atomic mass is 32.2. The summed E-state index contributed by atoms with van der Waals surface area (Å²) < 4.78 is 24.5. The standard InChI is InChI=1S/C19H30N2O3S2/c1-3-8-17-14(4-2)11-18(25-17)19(22)20-15-12-26(23,24)13-16(15)21-9-6-5-7-10-21/h11,15-16H,3-10,12-13H2,1-2H3,(H,20,22). The summed E-state index contributed by atoms with van der Waals surface area (Å²) in [6.07, 6.45) is 6.42. The number of carbonyl (C=O) groups excluding carboxylic acids is 1. The Bertz CT molecular complexity index is 736. The Morgan fingerprint density at radius 2 is 1.96 bits per heavy atom. The molecule has 3 heterocycles. The highest BCUT2D eigenvalue weighted by molar-refractivity contribution is 7.91. The van der Waals surface area contributed by atoms with Crippen molar-refractivity contribution in [3.8, 4) is 0 Å². The largest absolute Gasteiger partial charge is 0.346 e. The summed E-state index contributed by atoms with van der Waals surface area (Å²) in [4.78, 5) is 17.1. The molecular weight excluding hydrogens is 368 g/mol. The van der Waals surface area contributed by atoms with E-state index >= 15 is 0 Å². The van der Waals surface area contributed by atoms with Crippen LogP contribution in [-0.2, 0) is 22.7 Å². The molecule has 0 bridgehead atoms. The van der Waals surface area contributed by atoms with Crippen molar-refractivity contribution in [2.24, 2.45) is 0 Å². The lowest BCUT2D eigenvalue weighted by molar-refractivity contribution is 0.0904. The molecule has 1 aromatic heterocycles. The minimum absolute atomic E-state index is 0.0632. The maximum Gasteiger partial charge on any atom is 0.261 e. The van der Waals surface area contributed by atoms with Crippen LogP contribution in [0.5, 0.6) is 0 Å². The first-order chi connectivity index (χ1) is 12.4. The van der Waals surface area contributed by atoms with Gasteiger partial charge in [0.1, 0.15) is 0 Å². The molecular formula is C19H30N2O3S2. The van der Waals surface area contributed by atoms with Gasteiger partial charge in [-0.05, 0) is 50.4 Å². The van der Waals surface area contributed by atoms with Crippen molar-refractivity contribution in [1.82, 2.24) is 10.2 Å². The van der Waals surface area contributed by atoms with E-state index in [0.29, 0.717) is 4.88 Å². The summed E-state index contributed by atoms with van der Waals surface area (Å²) in [7, 11) is -3.09. The zero-order valence-electron chi connectivity index (χ0n) is 15.8. The zero-order chi connectivity index (χ0) is 18.7. The summed E-state index contributed by atoms with van der Waals surface area (Å²) in [5.74, 6) is 0.119. The van der Waals surface area contributed by atoms with Crippen molar-refractivity contribution < 1.29 is 13.2 Å². The summed E-state index contributed by atoms with van der Waals surface area (Å²) in [5.41, 5.74) is 1.24. The van der Waals surface area contributed by atoms with Crippen molar-refractivity contribution >= 4 is 27.1 Å². The Hall–Kier alpha value is -0.920. The third-order valence-corrected chi connectivity index (χ3v) is 8.43. The number of hydrogen-bond acceptors (Lipinski definition) is 5. The van der Waals surface area contributed by atoms with E-state index in [1.54, 1.807) is 11.3 Å². The van der Waals surface area contributed by atoms with Gasteiger partial charge in [-0.2, -0.15) is 0 Å². The van der Waals surface area contributed by atoms with Crippen LogP contribution in [0.2, 0.25) is 0 Å². The van der Waals surface area contributed by atoms with Gasteiger partial charge in [0.15, 0.2) is 9.84 Å². The van der Waals surface area contributed by atoms with Crippen molar-refractivity contribution in [3.05, 3.63) is 21.4 Å². The Morgan fingerprint density at radius 1 is 1.23 bits per heavy atom. The van der Waals surface area contributed by atoms with Gasteiger partial charge in [-0.15, -0.1) is 11.3 Å². The van der Waals surface area contributed by atoms with E-state index in [0.717, 1.165) is 45.2 Å². The van der Waals surface area contributed by atoms with E-state index < -0.39 is 9.84 Å². The van der Waals surface area contributed by atoms with E-state index in [1.165, 1.54) is 16.9 Å². The highest BCUT2D eigenvalue weighted by Crippen LogP contribution is 2.26. The molecule has 2 fully saturated rings. The first-order valence-corrected chi connectivity index (χ1v) is 12.4. The minimum Gasteiger partial charge on any atom is -0.346 e. The van der Waals surface area contributed by atoms with Gasteiger partial charge in [-0.25, -0.2) is 8.42 Å². The molecule has 1 aromatic rings. The third-order valence-electron chi connectivity index (χ3n) is 5.48. The zero-order valence-corrected chi connectivity index (χ0v) is 17.4. The fraction of sp³-hybridized carbons (Fsp3) is 0.737. The summed E-state index contributed by atoms with van der Waals surface area (Å²) >= 11 is 1.56. The van der Waals surface area contributed by atoms with Crippen LogP contribution >= 0.6 is 11.3 Å². The topological polar surface area (TPSA) is 66.5 Å². The predicted octanol–water partition coefficient (Wildman–Crippen LogP) is 2.64. The lowest BCUT2D eigenvalue weighted by Gasteiger charge is -2.34. The van der Waals surface area contributed by atoms with Crippen LogP contribution in [0.1, 0.15) is 59.6 Å². The van der Waals surface area contributed by atoms with Crippen LogP contribution < -0.4 is 5.32 Å². The molecule has 0 aliphatic carbocycles.